The van der Waals surface area contributed by atoms with Gasteiger partial charge in [0, 0.05) is 18.3 Å². The average molecular weight is 366 g/mol. The molecule has 142 valence electrons. The summed E-state index contributed by atoms with van der Waals surface area (Å²) < 4.78 is 11.8. The zero-order valence-electron chi connectivity index (χ0n) is 15.7. The molecule has 0 radical (unpaired) electrons. The number of rotatable bonds is 4. The van der Waals surface area contributed by atoms with E-state index in [0.29, 0.717) is 12.5 Å². The molecular weight excluding hydrogens is 340 g/mol. The molecule has 1 saturated carbocycles. The van der Waals surface area contributed by atoms with Crippen LogP contribution < -0.4 is 10.1 Å². The van der Waals surface area contributed by atoms with Crippen molar-refractivity contribution in [2.75, 3.05) is 6.61 Å². The maximum absolute atomic E-state index is 12.8. The molecule has 27 heavy (non-hydrogen) atoms. The molecular formula is C22H26N2O3. The summed E-state index contributed by atoms with van der Waals surface area (Å²) in [5.74, 6) is 0.659. The fraction of sp³-hybridized carbons (Fsp3) is 0.455. The Morgan fingerprint density at radius 2 is 1.96 bits per heavy atom. The molecule has 0 saturated heterocycles. The van der Waals surface area contributed by atoms with Crippen LogP contribution in [0, 0.1) is 6.92 Å². The third-order valence-corrected chi connectivity index (χ3v) is 5.42. The predicted molar refractivity (Wildman–Crippen MR) is 103 cm³/mol. The van der Waals surface area contributed by atoms with Gasteiger partial charge >= 0.3 is 0 Å². The Labute approximate surface area is 160 Å². The van der Waals surface area contributed by atoms with E-state index in [4.69, 9.17) is 9.47 Å². The molecule has 1 amide bonds. The molecule has 1 unspecified atom stereocenters. The minimum absolute atomic E-state index is 0.0216. The minimum Gasteiger partial charge on any atom is -0.474 e. The minimum atomic E-state index is -0.485. The van der Waals surface area contributed by atoms with Crippen LogP contribution in [-0.4, -0.2) is 29.6 Å². The summed E-state index contributed by atoms with van der Waals surface area (Å²) in [7, 11) is 0. The molecule has 1 atom stereocenters. The lowest BCUT2D eigenvalue weighted by Crippen LogP contribution is -2.43. The van der Waals surface area contributed by atoms with E-state index < -0.39 is 6.10 Å². The molecule has 1 fully saturated rings. The third kappa shape index (κ3) is 4.30. The van der Waals surface area contributed by atoms with E-state index in [-0.39, 0.29) is 18.1 Å². The van der Waals surface area contributed by atoms with Crippen molar-refractivity contribution >= 4 is 5.91 Å². The maximum Gasteiger partial charge on any atom is 0.253 e. The van der Waals surface area contributed by atoms with Crippen molar-refractivity contribution < 1.29 is 14.3 Å². The van der Waals surface area contributed by atoms with Crippen molar-refractivity contribution in [1.82, 2.24) is 10.3 Å². The van der Waals surface area contributed by atoms with Crippen LogP contribution in [0.15, 0.2) is 42.6 Å². The topological polar surface area (TPSA) is 60.5 Å². The monoisotopic (exact) mass is 366 g/mol. The number of hydrogen-bond donors (Lipinski definition) is 1. The Hall–Kier alpha value is -2.40. The predicted octanol–water partition coefficient (Wildman–Crippen LogP) is 3.51. The lowest BCUT2D eigenvalue weighted by Gasteiger charge is -2.31. The summed E-state index contributed by atoms with van der Waals surface area (Å²) >= 11 is 0. The summed E-state index contributed by atoms with van der Waals surface area (Å²) in [5.41, 5.74) is 3.34. The van der Waals surface area contributed by atoms with E-state index in [9.17, 15) is 4.79 Å². The molecule has 5 nitrogen and oxygen atoms in total. The number of ether oxygens (including phenoxy) is 2. The molecule has 2 aromatic rings. The van der Waals surface area contributed by atoms with E-state index in [0.717, 1.165) is 43.2 Å². The SMILES string of the molecule is Cc1ccc(OC2CCC(NC(=O)C3OCCc4ccccc43)CC2)nc1. The van der Waals surface area contributed by atoms with Crippen LogP contribution in [0.2, 0.25) is 0 Å². The van der Waals surface area contributed by atoms with Gasteiger partial charge in [-0.3, -0.25) is 4.79 Å². The van der Waals surface area contributed by atoms with Gasteiger partial charge in [-0.25, -0.2) is 4.98 Å². The Morgan fingerprint density at radius 1 is 1.15 bits per heavy atom. The number of aryl methyl sites for hydroxylation is 1. The third-order valence-electron chi connectivity index (χ3n) is 5.42. The Bertz CT molecular complexity index is 782. The van der Waals surface area contributed by atoms with Gasteiger partial charge in [0.1, 0.15) is 6.10 Å². The molecule has 0 bridgehead atoms. The first-order valence-corrected chi connectivity index (χ1v) is 9.78. The van der Waals surface area contributed by atoms with Gasteiger partial charge in [-0.05, 0) is 55.7 Å². The van der Waals surface area contributed by atoms with E-state index in [1.54, 1.807) is 0 Å². The van der Waals surface area contributed by atoms with Crippen molar-refractivity contribution in [1.29, 1.82) is 0 Å². The number of carbonyl (C=O) groups is 1. The zero-order valence-corrected chi connectivity index (χ0v) is 15.7. The van der Waals surface area contributed by atoms with Crippen LogP contribution in [0.5, 0.6) is 5.88 Å². The summed E-state index contributed by atoms with van der Waals surface area (Å²) in [4.78, 5) is 17.1. The molecule has 1 N–H and O–H groups in total. The molecule has 1 aliphatic carbocycles. The number of amides is 1. The second kappa shape index (κ2) is 8.09. The molecule has 1 aromatic heterocycles. The Kier molecular flexibility index (Phi) is 5.39. The zero-order chi connectivity index (χ0) is 18.6. The number of hydrogen-bond acceptors (Lipinski definition) is 4. The fourth-order valence-corrected chi connectivity index (χ4v) is 3.91. The fourth-order valence-electron chi connectivity index (χ4n) is 3.91. The first kappa shape index (κ1) is 18.0. The first-order valence-electron chi connectivity index (χ1n) is 9.78. The number of aromatic nitrogens is 1. The Morgan fingerprint density at radius 3 is 2.74 bits per heavy atom. The highest BCUT2D eigenvalue weighted by Gasteiger charge is 2.30. The smallest absolute Gasteiger partial charge is 0.253 e. The van der Waals surface area contributed by atoms with Gasteiger partial charge < -0.3 is 14.8 Å². The second-order valence-electron chi connectivity index (χ2n) is 7.47. The molecule has 0 spiro atoms. The highest BCUT2D eigenvalue weighted by atomic mass is 16.5. The van der Waals surface area contributed by atoms with Crippen LogP contribution in [0.25, 0.3) is 0 Å². The van der Waals surface area contributed by atoms with Crippen LogP contribution >= 0.6 is 0 Å². The summed E-state index contributed by atoms with van der Waals surface area (Å²) in [6, 6.07) is 12.2. The number of benzene rings is 1. The van der Waals surface area contributed by atoms with Crippen molar-refractivity contribution in [2.24, 2.45) is 0 Å². The van der Waals surface area contributed by atoms with Gasteiger partial charge in [-0.15, -0.1) is 0 Å². The van der Waals surface area contributed by atoms with Crippen molar-refractivity contribution in [2.45, 2.75) is 57.3 Å². The molecule has 4 rings (SSSR count). The largest absolute Gasteiger partial charge is 0.474 e. The van der Waals surface area contributed by atoms with Gasteiger partial charge in [0.2, 0.25) is 5.88 Å². The molecule has 2 aliphatic rings. The van der Waals surface area contributed by atoms with Crippen molar-refractivity contribution in [3.05, 3.63) is 59.3 Å². The molecule has 1 aliphatic heterocycles. The van der Waals surface area contributed by atoms with Gasteiger partial charge in [-0.2, -0.15) is 0 Å². The number of nitrogens with one attached hydrogen (secondary N) is 1. The van der Waals surface area contributed by atoms with Gasteiger partial charge in [0.05, 0.1) is 6.61 Å². The lowest BCUT2D eigenvalue weighted by molar-refractivity contribution is -0.135. The van der Waals surface area contributed by atoms with E-state index in [1.165, 1.54) is 5.56 Å². The molecule has 2 heterocycles. The van der Waals surface area contributed by atoms with Crippen LogP contribution in [-0.2, 0) is 16.0 Å². The Balaban J connectivity index is 1.29. The highest BCUT2D eigenvalue weighted by Crippen LogP contribution is 2.28. The van der Waals surface area contributed by atoms with E-state index >= 15 is 0 Å². The highest BCUT2D eigenvalue weighted by molar-refractivity contribution is 5.83. The van der Waals surface area contributed by atoms with E-state index in [2.05, 4.69) is 16.4 Å². The lowest BCUT2D eigenvalue weighted by atomic mass is 9.92. The molecule has 1 aromatic carbocycles. The summed E-state index contributed by atoms with van der Waals surface area (Å²) in [6.07, 6.45) is 6.04. The quantitative estimate of drug-likeness (QED) is 0.900. The van der Waals surface area contributed by atoms with Crippen LogP contribution in [0.4, 0.5) is 0 Å². The molecule has 5 heteroatoms. The number of carbonyl (C=O) groups excluding carboxylic acids is 1. The van der Waals surface area contributed by atoms with Gasteiger partial charge in [0.15, 0.2) is 6.10 Å². The van der Waals surface area contributed by atoms with Gasteiger partial charge in [0.25, 0.3) is 5.91 Å². The summed E-state index contributed by atoms with van der Waals surface area (Å²) in [5, 5.41) is 3.19. The number of nitrogens with zero attached hydrogens (tertiary/aromatic N) is 1. The van der Waals surface area contributed by atoms with Crippen molar-refractivity contribution in [3.8, 4) is 5.88 Å². The average Bonchev–Trinajstić information content (AvgIpc) is 2.71. The van der Waals surface area contributed by atoms with Crippen LogP contribution in [0.1, 0.15) is 48.5 Å². The van der Waals surface area contributed by atoms with Gasteiger partial charge in [-0.1, -0.05) is 30.3 Å². The van der Waals surface area contributed by atoms with E-state index in [1.807, 2.05) is 43.5 Å². The normalized spacial score (nSPS) is 24.7. The standard InChI is InChI=1S/C22H26N2O3/c1-15-6-11-20(23-14-15)27-18-9-7-17(8-10-18)24-22(25)21-19-5-3-2-4-16(19)12-13-26-21/h2-6,11,14,17-18,21H,7-10,12-13H2,1H3,(H,24,25). The first-order chi connectivity index (χ1) is 13.2. The summed E-state index contributed by atoms with van der Waals surface area (Å²) in [6.45, 7) is 2.61. The second-order valence-corrected chi connectivity index (χ2v) is 7.47. The maximum atomic E-state index is 12.8. The number of pyridine rings is 1. The number of fused-ring (bicyclic) bond motifs is 1. The van der Waals surface area contributed by atoms with Crippen LogP contribution in [0.3, 0.4) is 0 Å². The van der Waals surface area contributed by atoms with Crippen molar-refractivity contribution in [3.63, 3.8) is 0 Å².